The number of nitrogens with one attached hydrogen (secondary N) is 2. The van der Waals surface area contributed by atoms with E-state index in [1.807, 2.05) is 30.3 Å². The third-order valence-electron chi connectivity index (χ3n) is 6.32. The number of nitrogens with two attached hydrogens (primary N) is 1. The highest BCUT2D eigenvalue weighted by atomic mass is 35.5. The summed E-state index contributed by atoms with van der Waals surface area (Å²) >= 11 is 19.1. The largest absolute Gasteiger partial charge is 0.399 e. The Morgan fingerprint density at radius 1 is 0.879 bits per heavy atom. The molecule has 5 nitrogen and oxygen atoms in total. The molecule has 0 radical (unpaired) electrons. The van der Waals surface area contributed by atoms with Crippen molar-refractivity contribution in [2.24, 2.45) is 11.8 Å². The zero-order chi connectivity index (χ0) is 23.1. The number of anilines is 3. The van der Waals surface area contributed by atoms with Crippen LogP contribution in [0, 0.1) is 11.8 Å². The maximum Gasteiger partial charge on any atom is 0.326 e. The van der Waals surface area contributed by atoms with Crippen LogP contribution < -0.4 is 21.3 Å². The quantitative estimate of drug-likeness (QED) is 0.352. The predicted molar refractivity (Wildman–Crippen MR) is 137 cm³/mol. The first-order chi connectivity index (χ1) is 15.9. The zero-order valence-corrected chi connectivity index (χ0v) is 20.0. The van der Waals surface area contributed by atoms with Gasteiger partial charge in [0, 0.05) is 28.4 Å². The van der Waals surface area contributed by atoms with Gasteiger partial charge in [-0.1, -0.05) is 59.1 Å². The van der Waals surface area contributed by atoms with Crippen LogP contribution >= 0.6 is 34.8 Å². The molecule has 2 heterocycles. The molecule has 2 amide bonds. The van der Waals surface area contributed by atoms with E-state index in [2.05, 4.69) is 10.6 Å². The van der Waals surface area contributed by atoms with Crippen LogP contribution in [0.25, 0.3) is 11.1 Å². The normalized spacial score (nSPS) is 20.3. The fraction of sp³-hybridized carbons (Fsp3) is 0.240. The lowest BCUT2D eigenvalue weighted by Crippen LogP contribution is -2.41. The standard InChI is InChI=1S/C20H14Cl3N3O.C5H9N/c21-15-5-2-1-4-12(15)13-8-11(24)9-18-14(13)10-25-20(27)26(18)19-16(22)6-3-7-17(19)23;1-4-2-6-3-5(1)4/h1-9H,10,24H2,(H,25,27);4-6H,1-3H2/t;4-,5?/m.1/s1. The van der Waals surface area contributed by atoms with Crippen molar-refractivity contribution in [3.8, 4) is 11.1 Å². The van der Waals surface area contributed by atoms with E-state index in [-0.39, 0.29) is 6.03 Å². The van der Waals surface area contributed by atoms with Crippen LogP contribution in [0.1, 0.15) is 12.0 Å². The maximum absolute atomic E-state index is 12.7. The second-order valence-corrected chi connectivity index (χ2v) is 9.75. The molecule has 4 N–H and O–H groups in total. The molecule has 1 saturated carbocycles. The van der Waals surface area contributed by atoms with Crippen LogP contribution in [0.3, 0.4) is 0 Å². The number of para-hydroxylation sites is 1. The van der Waals surface area contributed by atoms with Gasteiger partial charge in [0.15, 0.2) is 0 Å². The number of benzene rings is 3. The van der Waals surface area contributed by atoms with Crippen molar-refractivity contribution in [2.75, 3.05) is 23.7 Å². The first-order valence-corrected chi connectivity index (χ1v) is 12.0. The average molecular weight is 502 g/mol. The van der Waals surface area contributed by atoms with E-state index in [1.54, 1.807) is 24.3 Å². The molecule has 170 valence electrons. The molecule has 33 heavy (non-hydrogen) atoms. The Labute approximate surface area is 207 Å². The van der Waals surface area contributed by atoms with Gasteiger partial charge in [0.1, 0.15) is 0 Å². The van der Waals surface area contributed by atoms with Gasteiger partial charge in [-0.3, -0.25) is 4.90 Å². The summed E-state index contributed by atoms with van der Waals surface area (Å²) in [6, 6.07) is 15.9. The Hall–Kier alpha value is -2.44. The molecule has 8 heteroatoms. The highest BCUT2D eigenvalue weighted by Gasteiger charge is 2.40. The summed E-state index contributed by atoms with van der Waals surface area (Å²) in [7, 11) is 0. The summed E-state index contributed by atoms with van der Waals surface area (Å²) in [5.41, 5.74) is 10.3. The van der Waals surface area contributed by atoms with Gasteiger partial charge in [0.25, 0.3) is 0 Å². The van der Waals surface area contributed by atoms with Gasteiger partial charge in [0.2, 0.25) is 0 Å². The minimum absolute atomic E-state index is 0.326. The van der Waals surface area contributed by atoms with Crippen molar-refractivity contribution >= 4 is 57.9 Å². The molecule has 1 saturated heterocycles. The van der Waals surface area contributed by atoms with Gasteiger partial charge in [-0.15, -0.1) is 0 Å². The summed E-state index contributed by atoms with van der Waals surface area (Å²) in [6.45, 7) is 2.96. The Kier molecular flexibility index (Phi) is 6.14. The van der Waals surface area contributed by atoms with Crippen LogP contribution in [0.2, 0.25) is 15.1 Å². The number of piperidine rings is 1. The number of hydrogen-bond acceptors (Lipinski definition) is 3. The third-order valence-corrected chi connectivity index (χ3v) is 7.26. The highest BCUT2D eigenvalue weighted by molar-refractivity contribution is 6.40. The molecule has 1 unspecified atom stereocenters. The second kappa shape index (κ2) is 9.07. The SMILES string of the molecule is C1NC[C@H]2CC12.Nc1cc(-c2ccccc2Cl)c2c(c1)N(c1c(Cl)cccc1Cl)C(=O)NC2. The molecular formula is C25H23Cl3N4O. The summed E-state index contributed by atoms with van der Waals surface area (Å²) in [5.74, 6) is 2.20. The lowest BCUT2D eigenvalue weighted by Gasteiger charge is -2.33. The van der Waals surface area contributed by atoms with Crippen LogP contribution in [-0.4, -0.2) is 19.1 Å². The van der Waals surface area contributed by atoms with Crippen molar-refractivity contribution in [3.63, 3.8) is 0 Å². The number of fused-ring (bicyclic) bond motifs is 2. The van der Waals surface area contributed by atoms with Crippen molar-refractivity contribution in [1.82, 2.24) is 10.6 Å². The number of carbonyl (C=O) groups is 1. The van der Waals surface area contributed by atoms with Gasteiger partial charge < -0.3 is 16.4 Å². The van der Waals surface area contributed by atoms with E-state index in [9.17, 15) is 4.79 Å². The molecule has 0 bridgehead atoms. The van der Waals surface area contributed by atoms with Crippen molar-refractivity contribution < 1.29 is 4.79 Å². The lowest BCUT2D eigenvalue weighted by molar-refractivity contribution is 0.247. The van der Waals surface area contributed by atoms with Gasteiger partial charge >= 0.3 is 6.03 Å². The number of nitrogens with zero attached hydrogens (tertiary/aromatic N) is 1. The summed E-state index contributed by atoms with van der Waals surface area (Å²) in [6.07, 6.45) is 1.52. The Morgan fingerprint density at radius 2 is 1.55 bits per heavy atom. The molecule has 2 atom stereocenters. The van der Waals surface area contributed by atoms with Crippen LogP contribution in [0.4, 0.5) is 21.9 Å². The van der Waals surface area contributed by atoms with E-state index < -0.39 is 0 Å². The fourth-order valence-corrected chi connectivity index (χ4v) is 5.33. The van der Waals surface area contributed by atoms with Crippen LogP contribution in [0.15, 0.2) is 54.6 Å². The number of hydrogen-bond donors (Lipinski definition) is 3. The molecule has 1 aliphatic carbocycles. The van der Waals surface area contributed by atoms with E-state index in [0.29, 0.717) is 38.7 Å². The number of halogens is 3. The molecule has 2 aliphatic heterocycles. The first kappa shape index (κ1) is 22.4. The van der Waals surface area contributed by atoms with Crippen molar-refractivity contribution in [2.45, 2.75) is 13.0 Å². The predicted octanol–water partition coefficient (Wildman–Crippen LogP) is 6.48. The number of rotatable bonds is 2. The summed E-state index contributed by atoms with van der Waals surface area (Å²) in [5, 5.41) is 7.53. The lowest BCUT2D eigenvalue weighted by atomic mass is 9.95. The molecule has 6 rings (SSSR count). The maximum atomic E-state index is 12.7. The minimum atomic E-state index is -0.326. The monoisotopic (exact) mass is 500 g/mol. The second-order valence-electron chi connectivity index (χ2n) is 8.52. The van der Waals surface area contributed by atoms with E-state index in [1.165, 1.54) is 24.4 Å². The Bertz CT molecular complexity index is 1200. The molecule has 0 aromatic heterocycles. The number of amides is 2. The van der Waals surface area contributed by atoms with Gasteiger partial charge in [-0.25, -0.2) is 4.79 Å². The summed E-state index contributed by atoms with van der Waals surface area (Å²) < 4.78 is 0. The number of urea groups is 1. The number of carbonyl (C=O) groups excluding carboxylic acids is 1. The van der Waals surface area contributed by atoms with E-state index in [0.717, 1.165) is 28.5 Å². The topological polar surface area (TPSA) is 70.4 Å². The van der Waals surface area contributed by atoms with Crippen LogP contribution in [-0.2, 0) is 6.54 Å². The molecule has 2 fully saturated rings. The van der Waals surface area contributed by atoms with Crippen molar-refractivity contribution in [1.29, 1.82) is 0 Å². The zero-order valence-electron chi connectivity index (χ0n) is 17.7. The van der Waals surface area contributed by atoms with Gasteiger partial charge in [-0.05, 0) is 67.2 Å². The van der Waals surface area contributed by atoms with E-state index >= 15 is 0 Å². The average Bonchev–Trinajstić information content (AvgIpc) is 3.39. The van der Waals surface area contributed by atoms with Gasteiger partial charge in [0.05, 0.1) is 21.4 Å². The van der Waals surface area contributed by atoms with Crippen LogP contribution in [0.5, 0.6) is 0 Å². The molecule has 3 aromatic carbocycles. The fourth-order valence-electron chi connectivity index (χ4n) is 4.53. The highest BCUT2D eigenvalue weighted by Crippen LogP contribution is 2.45. The van der Waals surface area contributed by atoms with E-state index in [4.69, 9.17) is 40.5 Å². The van der Waals surface area contributed by atoms with Crippen molar-refractivity contribution in [3.05, 3.63) is 75.2 Å². The Morgan fingerprint density at radius 3 is 2.15 bits per heavy atom. The first-order valence-electron chi connectivity index (χ1n) is 10.8. The smallest absolute Gasteiger partial charge is 0.326 e. The third kappa shape index (κ3) is 4.38. The van der Waals surface area contributed by atoms with Gasteiger partial charge in [-0.2, -0.15) is 0 Å². The Balaban J connectivity index is 0.000000324. The molecule has 0 spiro atoms. The molecular weight excluding hydrogens is 479 g/mol. The minimum Gasteiger partial charge on any atom is -0.399 e. The molecule has 3 aliphatic rings. The number of nitrogen functional groups attached to an aromatic ring is 1. The molecule has 3 aromatic rings. The summed E-state index contributed by atoms with van der Waals surface area (Å²) in [4.78, 5) is 14.2.